The van der Waals surface area contributed by atoms with Gasteiger partial charge in [0.2, 0.25) is 0 Å². The van der Waals surface area contributed by atoms with Gasteiger partial charge in [-0.15, -0.1) is 0 Å². The molecule has 0 saturated heterocycles. The zero-order valence-corrected chi connectivity index (χ0v) is 10.9. The molecule has 0 aliphatic heterocycles. The fourth-order valence-electron chi connectivity index (χ4n) is 2.00. The van der Waals surface area contributed by atoms with Gasteiger partial charge >= 0.3 is 0 Å². The number of hydrogen-bond acceptors (Lipinski definition) is 2. The van der Waals surface area contributed by atoms with Crippen molar-refractivity contribution in [2.24, 2.45) is 0 Å². The topological polar surface area (TPSA) is 32.3 Å². The molecule has 2 N–H and O–H groups in total. The molecular formula is C16H19NO. The Balaban J connectivity index is 2.03. The molecule has 2 aromatic carbocycles. The third kappa shape index (κ3) is 3.11. The van der Waals surface area contributed by atoms with Gasteiger partial charge in [0.05, 0.1) is 6.10 Å². The Morgan fingerprint density at radius 3 is 2.50 bits per heavy atom. The first-order valence-electron chi connectivity index (χ1n) is 6.21. The molecule has 0 aliphatic carbocycles. The van der Waals surface area contributed by atoms with Crippen LogP contribution in [0.15, 0.2) is 48.5 Å². The molecule has 18 heavy (non-hydrogen) atoms. The number of aliphatic hydroxyl groups is 1. The van der Waals surface area contributed by atoms with Crippen molar-refractivity contribution in [3.05, 3.63) is 65.2 Å². The third-order valence-corrected chi connectivity index (χ3v) is 3.07. The van der Waals surface area contributed by atoms with E-state index in [1.54, 1.807) is 0 Å². The number of hydrogen-bond donors (Lipinski definition) is 2. The van der Waals surface area contributed by atoms with Crippen LogP contribution < -0.4 is 5.32 Å². The minimum atomic E-state index is -0.481. The van der Waals surface area contributed by atoms with E-state index in [4.69, 9.17) is 0 Å². The molecule has 0 spiro atoms. The monoisotopic (exact) mass is 241 g/mol. The number of aryl methyl sites for hydroxylation is 2. The summed E-state index contributed by atoms with van der Waals surface area (Å²) in [6, 6.07) is 16.1. The molecule has 2 aromatic rings. The van der Waals surface area contributed by atoms with Gasteiger partial charge in [-0.05, 0) is 37.1 Å². The van der Waals surface area contributed by atoms with Crippen LogP contribution in [0.25, 0.3) is 0 Å². The van der Waals surface area contributed by atoms with Crippen molar-refractivity contribution in [2.75, 3.05) is 11.9 Å². The minimum Gasteiger partial charge on any atom is -0.387 e. The van der Waals surface area contributed by atoms with Crippen molar-refractivity contribution in [3.8, 4) is 0 Å². The fourth-order valence-corrected chi connectivity index (χ4v) is 2.00. The van der Waals surface area contributed by atoms with E-state index in [-0.39, 0.29) is 0 Å². The fraction of sp³-hybridized carbons (Fsp3) is 0.250. The highest BCUT2D eigenvalue weighted by Crippen LogP contribution is 2.19. The van der Waals surface area contributed by atoms with Crippen LogP contribution in [0, 0.1) is 13.8 Å². The van der Waals surface area contributed by atoms with Crippen molar-refractivity contribution in [3.63, 3.8) is 0 Å². The first-order valence-corrected chi connectivity index (χ1v) is 6.21. The maximum atomic E-state index is 10.2. The van der Waals surface area contributed by atoms with Gasteiger partial charge in [-0.3, -0.25) is 0 Å². The van der Waals surface area contributed by atoms with Gasteiger partial charge in [0, 0.05) is 12.2 Å². The number of nitrogens with one attached hydrogen (secondary N) is 1. The number of aliphatic hydroxyl groups excluding tert-OH is 1. The molecular weight excluding hydrogens is 222 g/mol. The van der Waals surface area contributed by atoms with Gasteiger partial charge in [0.15, 0.2) is 0 Å². The van der Waals surface area contributed by atoms with E-state index in [1.165, 1.54) is 5.56 Å². The Morgan fingerprint density at radius 1 is 1.06 bits per heavy atom. The zero-order chi connectivity index (χ0) is 13.0. The second kappa shape index (κ2) is 5.69. The summed E-state index contributed by atoms with van der Waals surface area (Å²) in [5.41, 5.74) is 4.33. The standard InChI is InChI=1S/C16H19NO/c1-12-8-9-13(2)15(10-12)16(18)11-17-14-6-4-3-5-7-14/h3-10,16-18H,11H2,1-2H3. The van der Waals surface area contributed by atoms with Gasteiger partial charge in [-0.1, -0.05) is 42.0 Å². The summed E-state index contributed by atoms with van der Waals surface area (Å²) in [6.07, 6.45) is -0.481. The SMILES string of the molecule is Cc1ccc(C)c(C(O)CNc2ccccc2)c1. The van der Waals surface area contributed by atoms with E-state index in [1.807, 2.05) is 50.2 Å². The summed E-state index contributed by atoms with van der Waals surface area (Å²) in [7, 11) is 0. The largest absolute Gasteiger partial charge is 0.387 e. The molecule has 0 aliphatic rings. The van der Waals surface area contributed by atoms with Gasteiger partial charge in [-0.25, -0.2) is 0 Å². The van der Waals surface area contributed by atoms with Crippen LogP contribution in [-0.2, 0) is 0 Å². The lowest BCUT2D eigenvalue weighted by Gasteiger charge is -2.16. The van der Waals surface area contributed by atoms with Gasteiger partial charge in [0.1, 0.15) is 0 Å². The summed E-state index contributed by atoms with van der Waals surface area (Å²) in [4.78, 5) is 0. The van der Waals surface area contributed by atoms with E-state index in [0.29, 0.717) is 6.54 Å². The Morgan fingerprint density at radius 2 is 1.78 bits per heavy atom. The van der Waals surface area contributed by atoms with Gasteiger partial charge in [-0.2, -0.15) is 0 Å². The molecule has 0 radical (unpaired) electrons. The Hall–Kier alpha value is -1.80. The van der Waals surface area contributed by atoms with Crippen molar-refractivity contribution in [2.45, 2.75) is 20.0 Å². The molecule has 1 unspecified atom stereocenters. The molecule has 2 heteroatoms. The first-order chi connectivity index (χ1) is 8.66. The van der Waals surface area contributed by atoms with Crippen LogP contribution in [-0.4, -0.2) is 11.7 Å². The molecule has 0 heterocycles. The molecule has 0 fully saturated rings. The number of anilines is 1. The van der Waals surface area contributed by atoms with Crippen LogP contribution in [0.5, 0.6) is 0 Å². The van der Waals surface area contributed by atoms with Crippen LogP contribution in [0.4, 0.5) is 5.69 Å². The third-order valence-electron chi connectivity index (χ3n) is 3.07. The predicted molar refractivity (Wildman–Crippen MR) is 75.8 cm³/mol. The average Bonchev–Trinajstić information content (AvgIpc) is 2.40. The van der Waals surface area contributed by atoms with Crippen molar-refractivity contribution < 1.29 is 5.11 Å². The highest BCUT2D eigenvalue weighted by Gasteiger charge is 2.10. The summed E-state index contributed by atoms with van der Waals surface area (Å²) in [5.74, 6) is 0. The van der Waals surface area contributed by atoms with E-state index >= 15 is 0 Å². The van der Waals surface area contributed by atoms with Crippen LogP contribution >= 0.6 is 0 Å². The molecule has 0 saturated carbocycles. The maximum absolute atomic E-state index is 10.2. The van der Waals surface area contributed by atoms with Crippen molar-refractivity contribution in [1.29, 1.82) is 0 Å². The highest BCUT2D eigenvalue weighted by atomic mass is 16.3. The lowest BCUT2D eigenvalue weighted by atomic mass is 10.0. The quantitative estimate of drug-likeness (QED) is 0.859. The molecule has 0 aromatic heterocycles. The Labute approximate surface area is 108 Å². The smallest absolute Gasteiger partial charge is 0.0964 e. The molecule has 94 valence electrons. The normalized spacial score (nSPS) is 12.2. The van der Waals surface area contributed by atoms with Crippen molar-refractivity contribution >= 4 is 5.69 Å². The first kappa shape index (κ1) is 12.7. The molecule has 1 atom stereocenters. The Kier molecular flexibility index (Phi) is 4.00. The number of rotatable bonds is 4. The van der Waals surface area contributed by atoms with E-state index in [2.05, 4.69) is 17.4 Å². The molecule has 2 nitrogen and oxygen atoms in total. The minimum absolute atomic E-state index is 0.481. The number of benzene rings is 2. The molecule has 0 bridgehead atoms. The van der Waals surface area contributed by atoms with E-state index < -0.39 is 6.10 Å². The lowest BCUT2D eigenvalue weighted by molar-refractivity contribution is 0.191. The summed E-state index contributed by atoms with van der Waals surface area (Å²) < 4.78 is 0. The molecule has 2 rings (SSSR count). The van der Waals surface area contributed by atoms with E-state index in [9.17, 15) is 5.11 Å². The molecule has 0 amide bonds. The zero-order valence-electron chi connectivity index (χ0n) is 10.9. The predicted octanol–water partition coefficient (Wildman–Crippen LogP) is 3.45. The van der Waals surface area contributed by atoms with Gasteiger partial charge < -0.3 is 10.4 Å². The summed E-state index contributed by atoms with van der Waals surface area (Å²) in [6.45, 7) is 4.59. The van der Waals surface area contributed by atoms with E-state index in [0.717, 1.165) is 16.8 Å². The second-order valence-corrected chi connectivity index (χ2v) is 4.62. The second-order valence-electron chi connectivity index (χ2n) is 4.62. The summed E-state index contributed by atoms with van der Waals surface area (Å²) >= 11 is 0. The maximum Gasteiger partial charge on any atom is 0.0964 e. The van der Waals surface area contributed by atoms with Crippen LogP contribution in [0.2, 0.25) is 0 Å². The summed E-state index contributed by atoms with van der Waals surface area (Å²) in [5, 5.41) is 13.5. The Bertz CT molecular complexity index is 508. The van der Waals surface area contributed by atoms with Crippen LogP contribution in [0.1, 0.15) is 22.8 Å². The van der Waals surface area contributed by atoms with Gasteiger partial charge in [0.25, 0.3) is 0 Å². The highest BCUT2D eigenvalue weighted by molar-refractivity contribution is 5.43. The number of para-hydroxylation sites is 1. The van der Waals surface area contributed by atoms with Crippen LogP contribution in [0.3, 0.4) is 0 Å². The van der Waals surface area contributed by atoms with Crippen molar-refractivity contribution in [1.82, 2.24) is 0 Å². The lowest BCUT2D eigenvalue weighted by Crippen LogP contribution is -2.13. The average molecular weight is 241 g/mol.